The second kappa shape index (κ2) is 5.47. The highest BCUT2D eigenvalue weighted by Crippen LogP contribution is 2.14. The molecule has 0 aromatic carbocycles. The molecule has 1 amide bonds. The van der Waals surface area contributed by atoms with E-state index in [-0.39, 0.29) is 18.2 Å². The summed E-state index contributed by atoms with van der Waals surface area (Å²) < 4.78 is 0. The molecule has 0 spiro atoms. The lowest BCUT2D eigenvalue weighted by molar-refractivity contribution is -0.132. The monoisotopic (exact) mass is 263 g/mol. The molecule has 2 heterocycles. The molecule has 1 aliphatic heterocycles. The maximum absolute atomic E-state index is 11.9. The molecule has 1 aromatic rings. The third kappa shape index (κ3) is 3.06. The van der Waals surface area contributed by atoms with Crippen LogP contribution in [0.1, 0.15) is 25.1 Å². The Hall–Kier alpha value is -2.44. The lowest BCUT2D eigenvalue weighted by atomic mass is 10.1. The quantitative estimate of drug-likeness (QED) is 0.823. The Bertz CT molecular complexity index is 515. The maximum atomic E-state index is 11.9. The smallest absolute Gasteiger partial charge is 0.353 e. The number of aliphatic carboxylic acids is 1. The molecule has 0 fully saturated rings. The number of amides is 1. The Kier molecular flexibility index (Phi) is 3.74. The van der Waals surface area contributed by atoms with E-state index in [1.807, 2.05) is 6.07 Å². The van der Waals surface area contributed by atoms with Gasteiger partial charge in [0.05, 0.1) is 11.7 Å². The zero-order valence-corrected chi connectivity index (χ0v) is 10.2. The number of hydrogen-bond donors (Lipinski definition) is 2. The van der Waals surface area contributed by atoms with Gasteiger partial charge in [0.25, 0.3) is 5.91 Å². The van der Waals surface area contributed by atoms with Gasteiger partial charge in [0, 0.05) is 12.6 Å². The highest BCUT2D eigenvalue weighted by Gasteiger charge is 2.32. The molecular weight excluding hydrogens is 250 g/mol. The summed E-state index contributed by atoms with van der Waals surface area (Å²) in [6.07, 6.45) is 0.712. The minimum atomic E-state index is -1.17. The number of carboxylic acid groups (broad SMARTS) is 1. The summed E-state index contributed by atoms with van der Waals surface area (Å²) >= 11 is 0. The van der Waals surface area contributed by atoms with E-state index in [1.54, 1.807) is 25.3 Å². The first-order chi connectivity index (χ1) is 9.08. The Balaban J connectivity index is 1.91. The topological polar surface area (TPSA) is 101 Å². The molecule has 0 saturated heterocycles. The second-order valence-electron chi connectivity index (χ2n) is 4.13. The molecule has 1 aliphatic rings. The Morgan fingerprint density at radius 1 is 1.53 bits per heavy atom. The van der Waals surface area contributed by atoms with Gasteiger partial charge in [0.1, 0.15) is 0 Å². The number of hydrogen-bond acceptors (Lipinski definition) is 5. The van der Waals surface area contributed by atoms with Gasteiger partial charge in [-0.1, -0.05) is 11.2 Å². The average molecular weight is 263 g/mol. The molecule has 0 radical (unpaired) electrons. The summed E-state index contributed by atoms with van der Waals surface area (Å²) in [4.78, 5) is 31.5. The number of oxime groups is 1. The number of carbonyl (C=O) groups excluding carboxylic acids is 1. The molecular formula is C12H13N3O4. The van der Waals surface area contributed by atoms with Crippen molar-refractivity contribution in [1.82, 2.24) is 10.3 Å². The third-order valence-electron chi connectivity index (χ3n) is 2.70. The number of carboxylic acids is 1. The molecule has 100 valence electrons. The summed E-state index contributed by atoms with van der Waals surface area (Å²) in [7, 11) is 0. The number of nitrogens with one attached hydrogen (secondary N) is 1. The first-order valence-corrected chi connectivity index (χ1v) is 5.75. The molecule has 2 unspecified atom stereocenters. The predicted molar refractivity (Wildman–Crippen MR) is 65.4 cm³/mol. The van der Waals surface area contributed by atoms with Crippen LogP contribution >= 0.6 is 0 Å². The predicted octanol–water partition coefficient (Wildman–Crippen LogP) is 0.488. The minimum Gasteiger partial charge on any atom is -0.477 e. The SMILES string of the molecule is CC(NC(=O)C1CC(C(=O)O)=NO1)c1ccccn1. The van der Waals surface area contributed by atoms with E-state index in [2.05, 4.69) is 15.5 Å². The van der Waals surface area contributed by atoms with Crippen molar-refractivity contribution >= 4 is 17.6 Å². The first-order valence-electron chi connectivity index (χ1n) is 5.75. The van der Waals surface area contributed by atoms with Crippen LogP contribution in [-0.2, 0) is 14.4 Å². The fourth-order valence-electron chi connectivity index (χ4n) is 1.66. The fourth-order valence-corrected chi connectivity index (χ4v) is 1.66. The van der Waals surface area contributed by atoms with Crippen molar-refractivity contribution in [2.24, 2.45) is 5.16 Å². The van der Waals surface area contributed by atoms with E-state index >= 15 is 0 Å². The summed E-state index contributed by atoms with van der Waals surface area (Å²) in [5.41, 5.74) is 0.568. The molecule has 2 rings (SSSR count). The highest BCUT2D eigenvalue weighted by molar-refractivity contribution is 6.36. The largest absolute Gasteiger partial charge is 0.477 e. The van der Waals surface area contributed by atoms with Crippen molar-refractivity contribution < 1.29 is 19.5 Å². The summed E-state index contributed by atoms with van der Waals surface area (Å²) in [6, 6.07) is 5.11. The first kappa shape index (κ1) is 13.0. The van der Waals surface area contributed by atoms with Gasteiger partial charge in [-0.15, -0.1) is 0 Å². The van der Waals surface area contributed by atoms with Crippen molar-refractivity contribution in [3.05, 3.63) is 30.1 Å². The molecule has 7 heteroatoms. The van der Waals surface area contributed by atoms with Gasteiger partial charge in [-0.3, -0.25) is 9.78 Å². The van der Waals surface area contributed by atoms with Crippen LogP contribution in [0.3, 0.4) is 0 Å². The lowest BCUT2D eigenvalue weighted by Gasteiger charge is -2.15. The van der Waals surface area contributed by atoms with Crippen LogP contribution in [0.25, 0.3) is 0 Å². The van der Waals surface area contributed by atoms with Crippen molar-refractivity contribution in [3.63, 3.8) is 0 Å². The van der Waals surface area contributed by atoms with Crippen LogP contribution in [0.5, 0.6) is 0 Å². The van der Waals surface area contributed by atoms with Gasteiger partial charge in [0.2, 0.25) is 6.10 Å². The number of nitrogens with zero attached hydrogens (tertiary/aromatic N) is 2. The van der Waals surface area contributed by atoms with E-state index in [4.69, 9.17) is 9.94 Å². The van der Waals surface area contributed by atoms with Crippen molar-refractivity contribution in [2.45, 2.75) is 25.5 Å². The van der Waals surface area contributed by atoms with Crippen LogP contribution < -0.4 is 5.32 Å². The van der Waals surface area contributed by atoms with E-state index < -0.39 is 18.0 Å². The van der Waals surface area contributed by atoms with Gasteiger partial charge < -0.3 is 15.3 Å². The number of rotatable bonds is 4. The van der Waals surface area contributed by atoms with Gasteiger partial charge in [-0.2, -0.15) is 0 Å². The Labute approximate surface area is 109 Å². The lowest BCUT2D eigenvalue weighted by Crippen LogP contribution is -2.37. The molecule has 0 bridgehead atoms. The summed E-state index contributed by atoms with van der Waals surface area (Å²) in [6.45, 7) is 1.79. The average Bonchev–Trinajstić information content (AvgIpc) is 2.89. The summed E-state index contributed by atoms with van der Waals surface area (Å²) in [5, 5.41) is 14.8. The van der Waals surface area contributed by atoms with E-state index in [1.165, 1.54) is 0 Å². The van der Waals surface area contributed by atoms with Gasteiger partial charge >= 0.3 is 5.97 Å². The van der Waals surface area contributed by atoms with Crippen LogP contribution in [0.15, 0.2) is 29.6 Å². The Morgan fingerprint density at radius 2 is 2.32 bits per heavy atom. The highest BCUT2D eigenvalue weighted by atomic mass is 16.6. The van der Waals surface area contributed by atoms with Gasteiger partial charge in [-0.05, 0) is 19.1 Å². The van der Waals surface area contributed by atoms with E-state index in [0.717, 1.165) is 0 Å². The van der Waals surface area contributed by atoms with Crippen molar-refractivity contribution in [1.29, 1.82) is 0 Å². The Morgan fingerprint density at radius 3 is 2.89 bits per heavy atom. The third-order valence-corrected chi connectivity index (χ3v) is 2.70. The van der Waals surface area contributed by atoms with Crippen LogP contribution in [0, 0.1) is 0 Å². The number of pyridine rings is 1. The van der Waals surface area contributed by atoms with E-state index in [0.29, 0.717) is 5.69 Å². The van der Waals surface area contributed by atoms with Crippen molar-refractivity contribution in [3.8, 4) is 0 Å². The minimum absolute atomic E-state index is 0.0316. The molecule has 0 saturated carbocycles. The van der Waals surface area contributed by atoms with Crippen LogP contribution in [-0.4, -0.2) is 33.8 Å². The molecule has 1 aromatic heterocycles. The van der Waals surface area contributed by atoms with Gasteiger partial charge in [0.15, 0.2) is 5.71 Å². The molecule has 19 heavy (non-hydrogen) atoms. The number of aromatic nitrogens is 1. The normalized spacial score (nSPS) is 19.2. The van der Waals surface area contributed by atoms with Crippen LogP contribution in [0.2, 0.25) is 0 Å². The standard InChI is InChI=1S/C12H13N3O4/c1-7(8-4-2-3-5-13-8)14-11(16)10-6-9(12(17)18)15-19-10/h2-5,7,10H,6H2,1H3,(H,14,16)(H,17,18). The number of carbonyl (C=O) groups is 2. The second-order valence-corrected chi connectivity index (χ2v) is 4.13. The molecule has 0 aliphatic carbocycles. The fraction of sp³-hybridized carbons (Fsp3) is 0.333. The maximum Gasteiger partial charge on any atom is 0.353 e. The molecule has 7 nitrogen and oxygen atoms in total. The zero-order valence-electron chi connectivity index (χ0n) is 10.2. The zero-order chi connectivity index (χ0) is 13.8. The molecule has 2 N–H and O–H groups in total. The molecule has 2 atom stereocenters. The van der Waals surface area contributed by atoms with Crippen LogP contribution in [0.4, 0.5) is 0 Å². The van der Waals surface area contributed by atoms with Gasteiger partial charge in [-0.25, -0.2) is 4.79 Å². The van der Waals surface area contributed by atoms with Crippen molar-refractivity contribution in [2.75, 3.05) is 0 Å². The van der Waals surface area contributed by atoms with E-state index in [9.17, 15) is 9.59 Å². The summed E-state index contributed by atoms with van der Waals surface area (Å²) in [5.74, 6) is -1.58.